The monoisotopic (exact) mass is 751 g/mol. The maximum absolute atomic E-state index is 10.3. The number of nitriles is 1. The van der Waals surface area contributed by atoms with E-state index < -0.39 is 0 Å². The lowest BCUT2D eigenvalue weighted by Crippen LogP contribution is -2.09. The van der Waals surface area contributed by atoms with E-state index in [1.165, 1.54) is 0 Å². The molecule has 0 aliphatic heterocycles. The maximum atomic E-state index is 10.3. The molecule has 0 amide bonds. The number of rotatable bonds is 12. The number of para-hydroxylation sites is 2. The van der Waals surface area contributed by atoms with Crippen molar-refractivity contribution in [1.29, 1.82) is 5.26 Å². The summed E-state index contributed by atoms with van der Waals surface area (Å²) in [5.74, 6) is 1.64. The predicted octanol–water partition coefficient (Wildman–Crippen LogP) is 14.0. The molecular weight excluding hydrogens is 711 g/mol. The molecule has 5 heteroatoms. The quantitative estimate of drug-likeness (QED) is 0.116. The molecule has 0 saturated carbocycles. The summed E-state index contributed by atoms with van der Waals surface area (Å²) in [6, 6.07) is 66.7. The van der Waals surface area contributed by atoms with E-state index in [1.807, 2.05) is 66.7 Å². The van der Waals surface area contributed by atoms with Crippen LogP contribution in [0.1, 0.15) is 27.8 Å². The van der Waals surface area contributed by atoms with Gasteiger partial charge < -0.3 is 19.3 Å². The summed E-state index contributed by atoms with van der Waals surface area (Å²) >= 11 is 0. The van der Waals surface area contributed by atoms with E-state index in [4.69, 9.17) is 9.47 Å². The Morgan fingerprint density at radius 1 is 0.414 bits per heavy atom. The van der Waals surface area contributed by atoms with Crippen LogP contribution in [0.3, 0.4) is 0 Å². The highest BCUT2D eigenvalue weighted by atomic mass is 16.5. The second-order valence-corrected chi connectivity index (χ2v) is 13.7. The van der Waals surface area contributed by atoms with Gasteiger partial charge in [0.05, 0.1) is 19.8 Å². The number of hydrogen-bond donors (Lipinski definition) is 0. The topological polar surface area (TPSA) is 48.7 Å². The molecule has 0 heterocycles. The van der Waals surface area contributed by atoms with Crippen molar-refractivity contribution in [1.82, 2.24) is 0 Å². The minimum atomic E-state index is 0.658. The third-order valence-electron chi connectivity index (χ3n) is 10.1. The molecule has 0 radical (unpaired) electrons. The van der Waals surface area contributed by atoms with E-state index in [1.54, 1.807) is 14.2 Å². The average Bonchev–Trinajstić information content (AvgIpc) is 3.29. The number of methoxy groups -OCH3 is 2. The minimum absolute atomic E-state index is 0.658. The van der Waals surface area contributed by atoms with E-state index >= 15 is 0 Å². The Morgan fingerprint density at radius 2 is 0.810 bits per heavy atom. The van der Waals surface area contributed by atoms with Crippen molar-refractivity contribution in [3.8, 4) is 17.6 Å². The molecule has 58 heavy (non-hydrogen) atoms. The molecule has 0 bridgehead atoms. The fourth-order valence-electron chi connectivity index (χ4n) is 7.09. The van der Waals surface area contributed by atoms with Gasteiger partial charge in [0.25, 0.3) is 0 Å². The van der Waals surface area contributed by atoms with Gasteiger partial charge in [-0.3, -0.25) is 0 Å². The van der Waals surface area contributed by atoms with Crippen molar-refractivity contribution >= 4 is 69.2 Å². The molecule has 0 spiro atoms. The van der Waals surface area contributed by atoms with Gasteiger partial charge in [0.15, 0.2) is 0 Å². The molecule has 5 nitrogen and oxygen atoms in total. The third kappa shape index (κ3) is 8.23. The summed E-state index contributed by atoms with van der Waals surface area (Å²) < 4.78 is 10.8. The van der Waals surface area contributed by atoms with Crippen LogP contribution in [0.15, 0.2) is 188 Å². The molecule has 0 unspecified atom stereocenters. The first kappa shape index (κ1) is 37.1. The van der Waals surface area contributed by atoms with Crippen LogP contribution in [0.2, 0.25) is 0 Å². The highest BCUT2D eigenvalue weighted by Crippen LogP contribution is 2.37. The van der Waals surface area contributed by atoms with Gasteiger partial charge in [-0.2, -0.15) is 5.26 Å². The smallest absolute Gasteiger partial charge is 0.119 e. The largest absolute Gasteiger partial charge is 0.497 e. The second-order valence-electron chi connectivity index (χ2n) is 13.7. The number of ether oxygens (including phenoxy) is 2. The van der Waals surface area contributed by atoms with Gasteiger partial charge in [0.1, 0.15) is 17.6 Å². The summed E-state index contributed by atoms with van der Waals surface area (Å²) in [5, 5.41) is 12.2. The summed E-state index contributed by atoms with van der Waals surface area (Å²) in [5.41, 5.74) is 11.1. The van der Waals surface area contributed by atoms with Crippen LogP contribution in [0, 0.1) is 11.3 Å². The minimum Gasteiger partial charge on any atom is -0.497 e. The Balaban J connectivity index is 0.989. The first-order valence-corrected chi connectivity index (χ1v) is 19.1. The standard InChI is InChI=1S/C53H41N3O2/c1-57-50-32-28-48(29-33-50)55(44-9-5-3-6-10-44)46-24-16-39(17-25-46)13-14-41-20-36-52-43(37-41)23-22-42(53(52)38-54)21-15-40-18-26-47(27-19-40)56(45-11-7-4-8-12-45)49-30-34-51(58-2)35-31-49/h3-37H,1-2H3. The van der Waals surface area contributed by atoms with Gasteiger partial charge >= 0.3 is 0 Å². The molecule has 8 rings (SSSR count). The molecule has 0 aromatic heterocycles. The lowest BCUT2D eigenvalue weighted by Gasteiger charge is -2.25. The van der Waals surface area contributed by atoms with Crippen molar-refractivity contribution in [2.45, 2.75) is 0 Å². The lowest BCUT2D eigenvalue weighted by molar-refractivity contribution is 0.414. The third-order valence-corrected chi connectivity index (χ3v) is 10.1. The van der Waals surface area contributed by atoms with E-state index in [9.17, 15) is 5.26 Å². The zero-order valence-corrected chi connectivity index (χ0v) is 32.4. The van der Waals surface area contributed by atoms with Gasteiger partial charge in [0.2, 0.25) is 0 Å². The predicted molar refractivity (Wildman–Crippen MR) is 242 cm³/mol. The van der Waals surface area contributed by atoms with E-state index in [0.29, 0.717) is 5.56 Å². The normalized spacial score (nSPS) is 11.1. The molecule has 0 aliphatic rings. The van der Waals surface area contributed by atoms with Crippen molar-refractivity contribution in [3.05, 3.63) is 216 Å². The summed E-state index contributed by atoms with van der Waals surface area (Å²) in [7, 11) is 3.36. The molecule has 8 aromatic rings. The molecule has 8 aromatic carbocycles. The Labute approximate surface area is 340 Å². The van der Waals surface area contributed by atoms with Crippen LogP contribution in [0.5, 0.6) is 11.5 Å². The van der Waals surface area contributed by atoms with Gasteiger partial charge in [-0.25, -0.2) is 0 Å². The zero-order valence-electron chi connectivity index (χ0n) is 32.4. The van der Waals surface area contributed by atoms with E-state index in [0.717, 1.165) is 78.6 Å². The summed E-state index contributed by atoms with van der Waals surface area (Å²) in [6.07, 6.45) is 8.32. The Hall–Kier alpha value is -7.81. The molecule has 0 fully saturated rings. The second kappa shape index (κ2) is 17.3. The SMILES string of the molecule is COc1ccc(N(c2ccccc2)c2ccc(C=Cc3ccc4c(C#N)c(C=Cc5ccc(N(c6ccccc6)c6ccc(OC)cc6)cc5)ccc4c3)cc2)cc1. The zero-order chi connectivity index (χ0) is 39.7. The highest BCUT2D eigenvalue weighted by molar-refractivity contribution is 5.94. The summed E-state index contributed by atoms with van der Waals surface area (Å²) in [6.45, 7) is 0. The fourth-order valence-corrected chi connectivity index (χ4v) is 7.09. The van der Waals surface area contributed by atoms with E-state index in [2.05, 4.69) is 161 Å². The van der Waals surface area contributed by atoms with Crippen molar-refractivity contribution < 1.29 is 9.47 Å². The summed E-state index contributed by atoms with van der Waals surface area (Å²) in [4.78, 5) is 4.45. The van der Waals surface area contributed by atoms with E-state index in [-0.39, 0.29) is 0 Å². The van der Waals surface area contributed by atoms with Crippen molar-refractivity contribution in [3.63, 3.8) is 0 Å². The Bertz CT molecular complexity index is 2720. The van der Waals surface area contributed by atoms with Gasteiger partial charge in [-0.05, 0) is 131 Å². The van der Waals surface area contributed by atoms with Gasteiger partial charge in [-0.15, -0.1) is 0 Å². The van der Waals surface area contributed by atoms with Crippen LogP contribution in [0.4, 0.5) is 34.1 Å². The van der Waals surface area contributed by atoms with Crippen LogP contribution in [-0.2, 0) is 0 Å². The van der Waals surface area contributed by atoms with Crippen molar-refractivity contribution in [2.75, 3.05) is 24.0 Å². The van der Waals surface area contributed by atoms with Crippen LogP contribution < -0.4 is 19.3 Å². The number of benzene rings is 8. The molecule has 0 saturated heterocycles. The van der Waals surface area contributed by atoms with Gasteiger partial charge in [-0.1, -0.05) is 109 Å². The average molecular weight is 752 g/mol. The number of nitrogens with zero attached hydrogens (tertiary/aromatic N) is 3. The first-order valence-electron chi connectivity index (χ1n) is 19.1. The number of anilines is 6. The Morgan fingerprint density at radius 3 is 1.26 bits per heavy atom. The van der Waals surface area contributed by atoms with Crippen molar-refractivity contribution in [2.24, 2.45) is 0 Å². The molecule has 280 valence electrons. The molecular formula is C53H41N3O2. The molecule has 0 atom stereocenters. The molecule has 0 N–H and O–H groups in total. The maximum Gasteiger partial charge on any atom is 0.119 e. The lowest BCUT2D eigenvalue weighted by atomic mass is 9.97. The molecule has 0 aliphatic carbocycles. The number of hydrogen-bond acceptors (Lipinski definition) is 5. The highest BCUT2D eigenvalue weighted by Gasteiger charge is 2.14. The number of fused-ring (bicyclic) bond motifs is 1. The first-order chi connectivity index (χ1) is 28.6. The van der Waals surface area contributed by atoms with Crippen LogP contribution in [-0.4, -0.2) is 14.2 Å². The van der Waals surface area contributed by atoms with Crippen LogP contribution in [0.25, 0.3) is 35.1 Å². The van der Waals surface area contributed by atoms with Crippen LogP contribution >= 0.6 is 0 Å². The fraction of sp³-hybridized carbons (Fsp3) is 0.0377. The Kier molecular flexibility index (Phi) is 11.1. The van der Waals surface area contributed by atoms with Gasteiger partial charge in [0, 0.05) is 39.5 Å².